The topological polar surface area (TPSA) is 37.4 Å². The Morgan fingerprint density at radius 2 is 1.48 bits per heavy atom. The highest BCUT2D eigenvalue weighted by molar-refractivity contribution is 7.92. The van der Waals surface area contributed by atoms with Gasteiger partial charge in [-0.3, -0.25) is 4.31 Å². The minimum Gasteiger partial charge on any atom is -0.262 e. The summed E-state index contributed by atoms with van der Waals surface area (Å²) in [5.41, 5.74) is 2.44. The van der Waals surface area contributed by atoms with E-state index in [4.69, 9.17) is 0 Å². The molecule has 3 nitrogen and oxygen atoms in total. The van der Waals surface area contributed by atoms with Gasteiger partial charge in [0.1, 0.15) is 11.6 Å². The van der Waals surface area contributed by atoms with Crippen molar-refractivity contribution in [3.05, 3.63) is 95.1 Å². The molecule has 0 spiro atoms. The van der Waals surface area contributed by atoms with Crippen LogP contribution >= 0.6 is 0 Å². The Morgan fingerprint density at radius 3 is 2.07 bits per heavy atom. The Morgan fingerprint density at radius 1 is 0.852 bits per heavy atom. The molecule has 0 atom stereocenters. The molecule has 0 aliphatic heterocycles. The summed E-state index contributed by atoms with van der Waals surface area (Å²) < 4.78 is 54.8. The summed E-state index contributed by atoms with van der Waals surface area (Å²) in [6.45, 7) is 3.58. The number of aryl methyl sites for hydroxylation is 2. The van der Waals surface area contributed by atoms with Crippen LogP contribution in [-0.4, -0.2) is 8.42 Å². The first-order chi connectivity index (χ1) is 12.8. The van der Waals surface area contributed by atoms with Crippen LogP contribution in [0.5, 0.6) is 0 Å². The Balaban J connectivity index is 2.09. The zero-order chi connectivity index (χ0) is 19.6. The Labute approximate surface area is 157 Å². The van der Waals surface area contributed by atoms with E-state index < -0.39 is 21.7 Å². The third-order valence-electron chi connectivity index (χ3n) is 4.29. The first kappa shape index (κ1) is 19.0. The Kier molecular flexibility index (Phi) is 5.28. The second-order valence-corrected chi connectivity index (χ2v) is 8.25. The van der Waals surface area contributed by atoms with Crippen LogP contribution in [0.1, 0.15) is 16.7 Å². The highest BCUT2D eigenvalue weighted by atomic mass is 32.2. The average Bonchev–Trinajstić information content (AvgIpc) is 2.64. The molecule has 0 unspecified atom stereocenters. The maximum absolute atomic E-state index is 14.1. The van der Waals surface area contributed by atoms with Gasteiger partial charge in [0, 0.05) is 0 Å². The number of sulfonamides is 1. The van der Waals surface area contributed by atoms with E-state index in [0.29, 0.717) is 5.56 Å². The lowest BCUT2D eigenvalue weighted by Gasteiger charge is -2.25. The SMILES string of the molecule is Cc1ccc(CN(c2ccc(C)c(F)c2)S(=O)(=O)c2ccc(F)cc2)cc1. The van der Waals surface area contributed by atoms with E-state index in [9.17, 15) is 17.2 Å². The van der Waals surface area contributed by atoms with E-state index in [1.807, 2.05) is 31.2 Å². The second kappa shape index (κ2) is 7.48. The van der Waals surface area contributed by atoms with Gasteiger partial charge in [0.15, 0.2) is 0 Å². The quantitative estimate of drug-likeness (QED) is 0.619. The van der Waals surface area contributed by atoms with Gasteiger partial charge in [0.25, 0.3) is 10.0 Å². The van der Waals surface area contributed by atoms with Gasteiger partial charge in [0.05, 0.1) is 17.1 Å². The molecule has 0 heterocycles. The molecular weight excluding hydrogens is 368 g/mol. The fourth-order valence-electron chi connectivity index (χ4n) is 2.65. The van der Waals surface area contributed by atoms with Crippen LogP contribution in [0.25, 0.3) is 0 Å². The van der Waals surface area contributed by atoms with Gasteiger partial charge < -0.3 is 0 Å². The lowest BCUT2D eigenvalue weighted by molar-refractivity contribution is 0.588. The molecule has 0 saturated carbocycles. The van der Waals surface area contributed by atoms with Crippen LogP contribution in [0.4, 0.5) is 14.5 Å². The third kappa shape index (κ3) is 4.17. The summed E-state index contributed by atoms with van der Waals surface area (Å²) in [6.07, 6.45) is 0. The molecule has 0 bridgehead atoms. The van der Waals surface area contributed by atoms with Crippen molar-refractivity contribution in [3.8, 4) is 0 Å². The lowest BCUT2D eigenvalue weighted by atomic mass is 10.1. The zero-order valence-electron chi connectivity index (χ0n) is 15.0. The summed E-state index contributed by atoms with van der Waals surface area (Å²) in [4.78, 5) is -0.0583. The standard InChI is InChI=1S/C21H19F2NO2S/c1-15-3-6-17(7-4-15)14-24(19-10-5-16(2)21(23)13-19)27(25,26)20-11-8-18(22)9-12-20/h3-13H,14H2,1-2H3. The number of hydrogen-bond acceptors (Lipinski definition) is 2. The molecule has 0 aromatic heterocycles. The van der Waals surface area contributed by atoms with E-state index in [1.165, 1.54) is 24.3 Å². The van der Waals surface area contributed by atoms with Crippen molar-refractivity contribution in [3.63, 3.8) is 0 Å². The van der Waals surface area contributed by atoms with Gasteiger partial charge in [-0.2, -0.15) is 0 Å². The molecule has 6 heteroatoms. The molecule has 0 N–H and O–H groups in total. The minimum absolute atomic E-state index is 0.0302. The van der Waals surface area contributed by atoms with Crippen LogP contribution in [-0.2, 0) is 16.6 Å². The molecule has 140 valence electrons. The van der Waals surface area contributed by atoms with E-state index >= 15 is 0 Å². The first-order valence-corrected chi connectivity index (χ1v) is 9.81. The molecule has 3 rings (SSSR count). The molecule has 3 aromatic carbocycles. The van der Waals surface area contributed by atoms with Gasteiger partial charge >= 0.3 is 0 Å². The molecule has 0 saturated heterocycles. The van der Waals surface area contributed by atoms with Crippen molar-refractivity contribution in [1.29, 1.82) is 0 Å². The molecule has 0 fully saturated rings. The number of halogens is 2. The molecule has 0 aliphatic carbocycles. The van der Waals surface area contributed by atoms with Crippen molar-refractivity contribution >= 4 is 15.7 Å². The predicted molar refractivity (Wildman–Crippen MR) is 102 cm³/mol. The fraction of sp³-hybridized carbons (Fsp3) is 0.143. The summed E-state index contributed by atoms with van der Waals surface area (Å²) >= 11 is 0. The van der Waals surface area contributed by atoms with E-state index in [1.54, 1.807) is 13.0 Å². The van der Waals surface area contributed by atoms with Gasteiger partial charge in [-0.1, -0.05) is 35.9 Å². The van der Waals surface area contributed by atoms with Crippen LogP contribution in [0.15, 0.2) is 71.6 Å². The number of benzene rings is 3. The fourth-order valence-corrected chi connectivity index (χ4v) is 4.09. The van der Waals surface area contributed by atoms with Gasteiger partial charge in [-0.15, -0.1) is 0 Å². The summed E-state index contributed by atoms with van der Waals surface area (Å²) in [7, 11) is -4.01. The number of rotatable bonds is 5. The molecule has 27 heavy (non-hydrogen) atoms. The number of nitrogens with zero attached hydrogens (tertiary/aromatic N) is 1. The van der Waals surface area contributed by atoms with E-state index in [2.05, 4.69) is 0 Å². The van der Waals surface area contributed by atoms with Crippen molar-refractivity contribution in [1.82, 2.24) is 0 Å². The molecule has 0 aliphatic rings. The second-order valence-electron chi connectivity index (χ2n) is 6.38. The Bertz CT molecular complexity index is 1050. The third-order valence-corrected chi connectivity index (χ3v) is 6.08. The molecular formula is C21H19F2NO2S. The van der Waals surface area contributed by atoms with E-state index in [-0.39, 0.29) is 17.1 Å². The van der Waals surface area contributed by atoms with E-state index in [0.717, 1.165) is 27.6 Å². The van der Waals surface area contributed by atoms with Crippen molar-refractivity contribution in [2.75, 3.05) is 4.31 Å². The predicted octanol–water partition coefficient (Wildman–Crippen LogP) is 4.98. The Hall–Kier alpha value is -2.73. The molecule has 0 radical (unpaired) electrons. The van der Waals surface area contributed by atoms with Gasteiger partial charge in [-0.25, -0.2) is 17.2 Å². The van der Waals surface area contributed by atoms with Crippen molar-refractivity contribution in [2.45, 2.75) is 25.3 Å². The van der Waals surface area contributed by atoms with Crippen LogP contribution in [0.2, 0.25) is 0 Å². The zero-order valence-corrected chi connectivity index (χ0v) is 15.8. The maximum Gasteiger partial charge on any atom is 0.264 e. The summed E-state index contributed by atoms with van der Waals surface area (Å²) in [6, 6.07) is 16.3. The highest BCUT2D eigenvalue weighted by Crippen LogP contribution is 2.27. The monoisotopic (exact) mass is 387 g/mol. The molecule has 0 amide bonds. The maximum atomic E-state index is 14.1. The van der Waals surface area contributed by atoms with Crippen LogP contribution in [0, 0.1) is 25.5 Å². The number of hydrogen-bond donors (Lipinski definition) is 0. The lowest BCUT2D eigenvalue weighted by Crippen LogP contribution is -2.30. The van der Waals surface area contributed by atoms with Crippen LogP contribution < -0.4 is 4.31 Å². The average molecular weight is 387 g/mol. The number of anilines is 1. The summed E-state index contributed by atoms with van der Waals surface area (Å²) in [5.74, 6) is -1.02. The van der Waals surface area contributed by atoms with Gasteiger partial charge in [-0.05, 0) is 61.4 Å². The largest absolute Gasteiger partial charge is 0.264 e. The van der Waals surface area contributed by atoms with Crippen molar-refractivity contribution in [2.24, 2.45) is 0 Å². The first-order valence-electron chi connectivity index (χ1n) is 8.37. The van der Waals surface area contributed by atoms with Gasteiger partial charge in [0.2, 0.25) is 0 Å². The highest BCUT2D eigenvalue weighted by Gasteiger charge is 2.26. The minimum atomic E-state index is -4.01. The normalized spacial score (nSPS) is 11.4. The smallest absolute Gasteiger partial charge is 0.262 e. The van der Waals surface area contributed by atoms with Crippen molar-refractivity contribution < 1.29 is 17.2 Å². The molecule has 3 aromatic rings. The summed E-state index contributed by atoms with van der Waals surface area (Å²) in [5, 5.41) is 0. The van der Waals surface area contributed by atoms with Crippen LogP contribution in [0.3, 0.4) is 0 Å².